The lowest BCUT2D eigenvalue weighted by molar-refractivity contribution is -0.274. The summed E-state index contributed by atoms with van der Waals surface area (Å²) < 4.78 is 46.7. The van der Waals surface area contributed by atoms with Gasteiger partial charge in [-0.25, -0.2) is 9.78 Å². The number of benzene rings is 1. The molecule has 190 valence electrons. The third-order valence-corrected chi connectivity index (χ3v) is 5.71. The lowest BCUT2D eigenvalue weighted by atomic mass is 10.2. The number of nitrogens with zero attached hydrogens (tertiary/aromatic N) is 3. The van der Waals surface area contributed by atoms with Gasteiger partial charge in [0.25, 0.3) is 5.91 Å². The van der Waals surface area contributed by atoms with E-state index in [9.17, 15) is 22.8 Å². The Kier molecular flexibility index (Phi) is 7.83. The molecule has 0 radical (unpaired) electrons. The maximum atomic E-state index is 12.6. The van der Waals surface area contributed by atoms with E-state index < -0.39 is 17.9 Å². The second kappa shape index (κ2) is 10.3. The van der Waals surface area contributed by atoms with Crippen molar-refractivity contribution in [3.8, 4) is 5.75 Å². The zero-order valence-electron chi connectivity index (χ0n) is 19.6. The standard InChI is InChI=1S/C23H26BrF3N4O4/c1-22(2,3)35-21(33)30(4)16-9-10-31(13-16)19-18(24)11-14(12-28-19)20(32)29-15-5-7-17(8-6-15)34-23(25,26)27/h5-8,11-12,16H,9-10,13H2,1-4H3,(H,29,32)/t16-/m1/s1. The molecule has 2 aromatic rings. The summed E-state index contributed by atoms with van der Waals surface area (Å²) in [5, 5.41) is 2.61. The molecule has 0 spiro atoms. The predicted molar refractivity (Wildman–Crippen MR) is 128 cm³/mol. The number of alkyl halides is 3. The van der Waals surface area contributed by atoms with Crippen LogP contribution in [0.15, 0.2) is 41.0 Å². The summed E-state index contributed by atoms with van der Waals surface area (Å²) in [5.74, 6) is -0.223. The number of halogens is 4. The molecule has 35 heavy (non-hydrogen) atoms. The summed E-state index contributed by atoms with van der Waals surface area (Å²) in [7, 11) is 1.71. The number of anilines is 2. The summed E-state index contributed by atoms with van der Waals surface area (Å²) in [6.45, 7) is 6.67. The van der Waals surface area contributed by atoms with Crippen molar-refractivity contribution in [3.63, 3.8) is 0 Å². The normalized spacial score (nSPS) is 16.1. The first-order valence-electron chi connectivity index (χ1n) is 10.8. The SMILES string of the molecule is CN(C(=O)OC(C)(C)C)[C@@H]1CCN(c2ncc(C(=O)Nc3ccc(OC(F)(F)F)cc3)cc2Br)C1. The van der Waals surface area contributed by atoms with Gasteiger partial charge < -0.3 is 24.6 Å². The Morgan fingerprint density at radius 1 is 1.20 bits per heavy atom. The number of rotatable bonds is 5. The Hall–Kier alpha value is -3.02. The predicted octanol–water partition coefficient (Wildman–Crippen LogP) is 5.44. The second-order valence-corrected chi connectivity index (χ2v) is 9.89. The van der Waals surface area contributed by atoms with E-state index in [1.165, 1.54) is 18.3 Å². The van der Waals surface area contributed by atoms with Crippen LogP contribution < -0.4 is 15.0 Å². The van der Waals surface area contributed by atoms with Gasteiger partial charge in [0.05, 0.1) is 16.1 Å². The van der Waals surface area contributed by atoms with E-state index in [0.717, 1.165) is 18.6 Å². The lowest BCUT2D eigenvalue weighted by Gasteiger charge is -2.28. The number of pyridine rings is 1. The molecule has 3 rings (SSSR count). The number of ether oxygens (including phenoxy) is 2. The molecular formula is C23H26BrF3N4O4. The highest BCUT2D eigenvalue weighted by Gasteiger charge is 2.33. The third kappa shape index (κ3) is 7.48. The second-order valence-electron chi connectivity index (χ2n) is 9.04. The monoisotopic (exact) mass is 558 g/mol. The zero-order chi connectivity index (χ0) is 26.0. The van der Waals surface area contributed by atoms with Crippen LogP contribution in [0.2, 0.25) is 0 Å². The summed E-state index contributed by atoms with van der Waals surface area (Å²) in [4.78, 5) is 33.0. The molecule has 0 unspecified atom stereocenters. The van der Waals surface area contributed by atoms with Crippen molar-refractivity contribution in [2.45, 2.75) is 45.2 Å². The van der Waals surface area contributed by atoms with Crippen LogP contribution in [0.25, 0.3) is 0 Å². The summed E-state index contributed by atoms with van der Waals surface area (Å²) in [6.07, 6.45) is -3.02. The molecule has 2 heterocycles. The number of hydrogen-bond donors (Lipinski definition) is 1. The molecule has 1 saturated heterocycles. The van der Waals surface area contributed by atoms with Gasteiger partial charge in [0.15, 0.2) is 0 Å². The first-order valence-corrected chi connectivity index (χ1v) is 11.5. The maximum absolute atomic E-state index is 12.6. The Bertz CT molecular complexity index is 1070. The summed E-state index contributed by atoms with van der Waals surface area (Å²) in [5.41, 5.74) is -0.0149. The third-order valence-electron chi connectivity index (χ3n) is 5.12. The molecule has 12 heteroatoms. The molecule has 2 amide bonds. The van der Waals surface area contributed by atoms with Crippen LogP contribution in [0.3, 0.4) is 0 Å². The molecule has 0 saturated carbocycles. The van der Waals surface area contributed by atoms with Crippen molar-refractivity contribution in [1.29, 1.82) is 0 Å². The van der Waals surface area contributed by atoms with Crippen molar-refractivity contribution < 1.29 is 32.2 Å². The van der Waals surface area contributed by atoms with E-state index in [1.807, 2.05) is 25.7 Å². The fourth-order valence-corrected chi connectivity index (χ4v) is 4.06. The molecule has 0 bridgehead atoms. The smallest absolute Gasteiger partial charge is 0.444 e. The highest BCUT2D eigenvalue weighted by Crippen LogP contribution is 2.30. The van der Waals surface area contributed by atoms with Crippen molar-refractivity contribution in [3.05, 3.63) is 46.6 Å². The van der Waals surface area contributed by atoms with E-state index in [-0.39, 0.29) is 23.4 Å². The average molecular weight is 559 g/mol. The van der Waals surface area contributed by atoms with Crippen LogP contribution in [-0.2, 0) is 4.74 Å². The van der Waals surface area contributed by atoms with E-state index in [0.29, 0.717) is 29.1 Å². The van der Waals surface area contributed by atoms with E-state index in [2.05, 4.69) is 31.0 Å². The first-order chi connectivity index (χ1) is 16.2. The molecule has 1 aliphatic rings. The molecule has 1 atom stereocenters. The van der Waals surface area contributed by atoms with Crippen LogP contribution >= 0.6 is 15.9 Å². The van der Waals surface area contributed by atoms with Gasteiger partial charge in [-0.05, 0) is 73.5 Å². The van der Waals surface area contributed by atoms with E-state index in [4.69, 9.17) is 4.74 Å². The Morgan fingerprint density at radius 3 is 2.43 bits per heavy atom. The molecule has 8 nitrogen and oxygen atoms in total. The molecule has 1 fully saturated rings. The number of hydrogen-bond acceptors (Lipinski definition) is 6. The number of carbonyl (C=O) groups excluding carboxylic acids is 2. The minimum atomic E-state index is -4.79. The number of aromatic nitrogens is 1. The fraction of sp³-hybridized carbons (Fsp3) is 0.435. The molecular weight excluding hydrogens is 533 g/mol. The number of amides is 2. The average Bonchev–Trinajstić information content (AvgIpc) is 3.22. The van der Waals surface area contributed by atoms with Crippen molar-refractivity contribution in [2.75, 3.05) is 30.4 Å². The Balaban J connectivity index is 1.61. The van der Waals surface area contributed by atoms with Crippen LogP contribution in [0.4, 0.5) is 29.5 Å². The highest BCUT2D eigenvalue weighted by molar-refractivity contribution is 9.10. The topological polar surface area (TPSA) is 84.0 Å². The summed E-state index contributed by atoms with van der Waals surface area (Å²) in [6, 6.07) is 6.40. The zero-order valence-corrected chi connectivity index (χ0v) is 21.2. The van der Waals surface area contributed by atoms with Gasteiger partial charge >= 0.3 is 12.5 Å². The van der Waals surface area contributed by atoms with E-state index >= 15 is 0 Å². The molecule has 1 aliphatic heterocycles. The quantitative estimate of drug-likeness (QED) is 0.526. The molecule has 1 N–H and O–H groups in total. The van der Waals surface area contributed by atoms with Crippen LogP contribution in [0, 0.1) is 0 Å². The number of carbonyl (C=O) groups is 2. The van der Waals surface area contributed by atoms with Gasteiger partial charge in [0.1, 0.15) is 17.2 Å². The van der Waals surface area contributed by atoms with Crippen molar-refractivity contribution in [2.24, 2.45) is 0 Å². The Morgan fingerprint density at radius 2 is 1.86 bits per heavy atom. The molecule has 0 aliphatic carbocycles. The summed E-state index contributed by atoms with van der Waals surface area (Å²) >= 11 is 3.46. The molecule has 1 aromatic carbocycles. The van der Waals surface area contributed by atoms with Gasteiger partial charge in [0.2, 0.25) is 0 Å². The van der Waals surface area contributed by atoms with Gasteiger partial charge in [-0.3, -0.25) is 4.79 Å². The van der Waals surface area contributed by atoms with Gasteiger partial charge in [0, 0.05) is 32.0 Å². The van der Waals surface area contributed by atoms with Gasteiger partial charge in [-0.2, -0.15) is 0 Å². The Labute approximate surface area is 209 Å². The van der Waals surface area contributed by atoms with Crippen molar-refractivity contribution in [1.82, 2.24) is 9.88 Å². The van der Waals surface area contributed by atoms with Crippen LogP contribution in [0.5, 0.6) is 5.75 Å². The number of likely N-dealkylation sites (N-methyl/N-ethyl adjacent to an activating group) is 1. The van der Waals surface area contributed by atoms with Gasteiger partial charge in [-0.1, -0.05) is 0 Å². The first kappa shape index (κ1) is 26.6. The maximum Gasteiger partial charge on any atom is 0.573 e. The minimum Gasteiger partial charge on any atom is -0.444 e. The van der Waals surface area contributed by atoms with Crippen LogP contribution in [-0.4, -0.2) is 60.0 Å². The largest absolute Gasteiger partial charge is 0.573 e. The fourth-order valence-electron chi connectivity index (χ4n) is 3.46. The van der Waals surface area contributed by atoms with Gasteiger partial charge in [-0.15, -0.1) is 13.2 Å². The van der Waals surface area contributed by atoms with E-state index in [1.54, 1.807) is 18.0 Å². The lowest BCUT2D eigenvalue weighted by Crippen LogP contribution is -2.42. The number of nitrogens with one attached hydrogen (secondary N) is 1. The highest BCUT2D eigenvalue weighted by atomic mass is 79.9. The van der Waals surface area contributed by atoms with Crippen molar-refractivity contribution >= 4 is 39.4 Å². The van der Waals surface area contributed by atoms with Crippen LogP contribution in [0.1, 0.15) is 37.6 Å². The minimum absolute atomic E-state index is 0.0502. The molecule has 1 aromatic heterocycles.